The van der Waals surface area contributed by atoms with Crippen LogP contribution < -0.4 is 5.32 Å². The Bertz CT molecular complexity index is 490. The molecule has 2 rings (SSSR count). The van der Waals surface area contributed by atoms with Crippen LogP contribution in [0.2, 0.25) is 0 Å². The van der Waals surface area contributed by atoms with Crippen LogP contribution >= 0.6 is 15.9 Å². The van der Waals surface area contributed by atoms with E-state index in [1.807, 2.05) is 24.3 Å². The Morgan fingerprint density at radius 2 is 1.90 bits per heavy atom. The molecule has 110 valence electrons. The second kappa shape index (κ2) is 5.35. The van der Waals surface area contributed by atoms with E-state index in [4.69, 9.17) is 4.74 Å². The maximum atomic E-state index is 13.4. The molecule has 1 saturated carbocycles. The summed E-state index contributed by atoms with van der Waals surface area (Å²) < 4.78 is 19.6. The molecule has 1 aliphatic rings. The van der Waals surface area contributed by atoms with Crippen molar-refractivity contribution in [1.29, 1.82) is 0 Å². The van der Waals surface area contributed by atoms with Crippen molar-refractivity contribution in [2.75, 3.05) is 0 Å². The van der Waals surface area contributed by atoms with Crippen LogP contribution in [-0.2, 0) is 10.3 Å². The van der Waals surface area contributed by atoms with Crippen molar-refractivity contribution in [3.63, 3.8) is 0 Å². The Balaban J connectivity index is 2.14. The van der Waals surface area contributed by atoms with Gasteiger partial charge in [0.2, 0.25) is 0 Å². The van der Waals surface area contributed by atoms with Gasteiger partial charge in [0.15, 0.2) is 0 Å². The molecule has 0 radical (unpaired) electrons. The molecule has 0 heterocycles. The van der Waals surface area contributed by atoms with Gasteiger partial charge in [0.1, 0.15) is 11.8 Å². The van der Waals surface area contributed by atoms with E-state index < -0.39 is 23.4 Å². The molecule has 0 bridgehead atoms. The molecule has 0 atom stereocenters. The minimum atomic E-state index is -0.881. The van der Waals surface area contributed by atoms with Crippen molar-refractivity contribution in [3.05, 3.63) is 34.3 Å². The topological polar surface area (TPSA) is 38.3 Å². The van der Waals surface area contributed by atoms with Gasteiger partial charge in [-0.2, -0.15) is 0 Å². The number of rotatable bonds is 2. The third-order valence-corrected chi connectivity index (χ3v) is 3.81. The molecule has 1 amide bonds. The molecule has 0 spiro atoms. The maximum absolute atomic E-state index is 13.4. The van der Waals surface area contributed by atoms with Gasteiger partial charge in [-0.05, 0) is 38.5 Å². The summed E-state index contributed by atoms with van der Waals surface area (Å²) in [5.41, 5.74) is -0.313. The minimum absolute atomic E-state index is 0.286. The zero-order valence-electron chi connectivity index (χ0n) is 11.9. The van der Waals surface area contributed by atoms with Crippen molar-refractivity contribution in [1.82, 2.24) is 5.32 Å². The van der Waals surface area contributed by atoms with Crippen molar-refractivity contribution in [3.8, 4) is 0 Å². The van der Waals surface area contributed by atoms with Crippen LogP contribution in [0.15, 0.2) is 28.7 Å². The summed E-state index contributed by atoms with van der Waals surface area (Å²) in [6.07, 6.45) is -0.817. The smallest absolute Gasteiger partial charge is 0.408 e. The van der Waals surface area contributed by atoms with E-state index in [9.17, 15) is 9.18 Å². The average molecular weight is 344 g/mol. The Morgan fingerprint density at radius 1 is 1.35 bits per heavy atom. The highest BCUT2D eigenvalue weighted by molar-refractivity contribution is 9.10. The molecule has 20 heavy (non-hydrogen) atoms. The van der Waals surface area contributed by atoms with Gasteiger partial charge < -0.3 is 10.1 Å². The van der Waals surface area contributed by atoms with Crippen LogP contribution in [0.4, 0.5) is 9.18 Å². The molecule has 0 aromatic heterocycles. The lowest BCUT2D eigenvalue weighted by Gasteiger charge is -2.45. The zero-order valence-corrected chi connectivity index (χ0v) is 13.5. The van der Waals surface area contributed by atoms with Crippen LogP contribution in [0.5, 0.6) is 0 Å². The number of amides is 1. The van der Waals surface area contributed by atoms with Crippen LogP contribution in [0.25, 0.3) is 0 Å². The first-order valence-corrected chi connectivity index (χ1v) is 7.41. The zero-order chi connectivity index (χ0) is 15.0. The third kappa shape index (κ3) is 3.51. The molecule has 0 saturated heterocycles. The standard InChI is InChI=1S/C15H19BrFNO2/c1-14(2,3)20-13(19)18-15(8-12(17)9-15)10-4-6-11(16)7-5-10/h4-7,12H,8-9H2,1-3H3,(H,18,19)/t12-,15-. The van der Waals surface area contributed by atoms with Crippen LogP contribution in [0.1, 0.15) is 39.2 Å². The number of alkyl halides is 1. The summed E-state index contributed by atoms with van der Waals surface area (Å²) in [7, 11) is 0. The fraction of sp³-hybridized carbons (Fsp3) is 0.533. The van der Waals surface area contributed by atoms with Gasteiger partial charge in [0, 0.05) is 17.3 Å². The van der Waals surface area contributed by atoms with E-state index in [0.29, 0.717) is 0 Å². The Hall–Kier alpha value is -1.10. The van der Waals surface area contributed by atoms with Gasteiger partial charge in [0.25, 0.3) is 0 Å². The number of carbonyl (C=O) groups is 1. The van der Waals surface area contributed by atoms with Gasteiger partial charge in [-0.15, -0.1) is 0 Å². The van der Waals surface area contributed by atoms with E-state index in [2.05, 4.69) is 21.2 Å². The second-order valence-electron chi connectivity index (χ2n) is 6.22. The van der Waals surface area contributed by atoms with Gasteiger partial charge >= 0.3 is 6.09 Å². The molecule has 0 aliphatic heterocycles. The largest absolute Gasteiger partial charge is 0.444 e. The molecule has 1 aromatic carbocycles. The first-order chi connectivity index (χ1) is 9.20. The van der Waals surface area contributed by atoms with Crippen molar-refractivity contribution >= 4 is 22.0 Å². The van der Waals surface area contributed by atoms with Crippen LogP contribution in [-0.4, -0.2) is 17.9 Å². The lowest BCUT2D eigenvalue weighted by Crippen LogP contribution is -2.56. The monoisotopic (exact) mass is 343 g/mol. The Morgan fingerprint density at radius 3 is 2.35 bits per heavy atom. The highest BCUT2D eigenvalue weighted by Gasteiger charge is 2.47. The van der Waals surface area contributed by atoms with E-state index in [1.165, 1.54) is 0 Å². The molecule has 0 unspecified atom stereocenters. The summed E-state index contributed by atoms with van der Waals surface area (Å²) in [4.78, 5) is 11.9. The summed E-state index contributed by atoms with van der Waals surface area (Å²) >= 11 is 3.37. The normalized spacial score (nSPS) is 25.8. The summed E-state index contributed by atoms with van der Waals surface area (Å²) in [5, 5.41) is 2.84. The third-order valence-electron chi connectivity index (χ3n) is 3.28. The number of ether oxygens (including phenoxy) is 1. The van der Waals surface area contributed by atoms with Gasteiger partial charge in [-0.1, -0.05) is 28.1 Å². The molecule has 1 aliphatic carbocycles. The molecule has 1 fully saturated rings. The van der Waals surface area contributed by atoms with Crippen LogP contribution in [0.3, 0.4) is 0 Å². The van der Waals surface area contributed by atoms with E-state index in [-0.39, 0.29) is 12.8 Å². The van der Waals surface area contributed by atoms with E-state index in [0.717, 1.165) is 10.0 Å². The Labute approximate surface area is 127 Å². The molecular formula is C15H19BrFNO2. The van der Waals surface area contributed by atoms with E-state index >= 15 is 0 Å². The van der Waals surface area contributed by atoms with Gasteiger partial charge in [-0.25, -0.2) is 9.18 Å². The molecule has 1 N–H and O–H groups in total. The predicted molar refractivity (Wildman–Crippen MR) is 79.3 cm³/mol. The number of carbonyl (C=O) groups excluding carboxylic acids is 1. The van der Waals surface area contributed by atoms with Crippen LogP contribution in [0, 0.1) is 0 Å². The first kappa shape index (κ1) is 15.3. The number of hydrogen-bond acceptors (Lipinski definition) is 2. The number of nitrogens with one attached hydrogen (secondary N) is 1. The lowest BCUT2D eigenvalue weighted by molar-refractivity contribution is 0.0202. The summed E-state index contributed by atoms with van der Waals surface area (Å²) in [5.74, 6) is 0. The number of alkyl carbamates (subject to hydrolysis) is 1. The molecule has 5 heteroatoms. The van der Waals surface area contributed by atoms with Crippen molar-refractivity contribution in [2.45, 2.75) is 50.9 Å². The number of benzene rings is 1. The van der Waals surface area contributed by atoms with Crippen molar-refractivity contribution < 1.29 is 13.9 Å². The number of hydrogen-bond donors (Lipinski definition) is 1. The average Bonchev–Trinajstić information content (AvgIpc) is 2.24. The highest BCUT2D eigenvalue weighted by atomic mass is 79.9. The SMILES string of the molecule is CC(C)(C)OC(=O)N[C@]1(c2ccc(Br)cc2)C[C@@H](F)C1. The molecule has 1 aromatic rings. The maximum Gasteiger partial charge on any atom is 0.408 e. The summed E-state index contributed by atoms with van der Waals surface area (Å²) in [6.45, 7) is 5.41. The quantitative estimate of drug-likeness (QED) is 0.869. The highest BCUT2D eigenvalue weighted by Crippen LogP contribution is 2.43. The van der Waals surface area contributed by atoms with Gasteiger partial charge in [0.05, 0.1) is 5.54 Å². The fourth-order valence-electron chi connectivity index (χ4n) is 2.37. The van der Waals surface area contributed by atoms with Gasteiger partial charge in [-0.3, -0.25) is 0 Å². The lowest BCUT2D eigenvalue weighted by atomic mass is 9.70. The minimum Gasteiger partial charge on any atom is -0.444 e. The number of halogens is 2. The molecular weight excluding hydrogens is 325 g/mol. The van der Waals surface area contributed by atoms with E-state index in [1.54, 1.807) is 20.8 Å². The molecule has 3 nitrogen and oxygen atoms in total. The Kier molecular flexibility index (Phi) is 4.09. The predicted octanol–water partition coefficient (Wildman–Crippen LogP) is 4.30. The fourth-order valence-corrected chi connectivity index (χ4v) is 2.64. The second-order valence-corrected chi connectivity index (χ2v) is 7.14. The summed E-state index contributed by atoms with van der Waals surface area (Å²) in [6, 6.07) is 7.57. The first-order valence-electron chi connectivity index (χ1n) is 6.61. The van der Waals surface area contributed by atoms with Crippen molar-refractivity contribution in [2.24, 2.45) is 0 Å².